The zero-order chi connectivity index (χ0) is 19.6. The van der Waals surface area contributed by atoms with E-state index in [0.717, 1.165) is 5.01 Å². The summed E-state index contributed by atoms with van der Waals surface area (Å²) >= 11 is 0. The highest BCUT2D eigenvalue weighted by Crippen LogP contribution is 2.25. The van der Waals surface area contributed by atoms with Gasteiger partial charge in [-0.1, -0.05) is 6.07 Å². The number of pyridine rings is 1. The maximum Gasteiger partial charge on any atom is 0.282 e. The lowest BCUT2D eigenvalue weighted by atomic mass is 10.2. The summed E-state index contributed by atoms with van der Waals surface area (Å²) < 4.78 is 0. The minimum atomic E-state index is -1.06. The summed E-state index contributed by atoms with van der Waals surface area (Å²) in [4.78, 5) is 39.2. The molecule has 0 unspecified atom stereocenters. The van der Waals surface area contributed by atoms with Crippen molar-refractivity contribution in [3.63, 3.8) is 0 Å². The zero-order valence-corrected chi connectivity index (χ0v) is 14.4. The number of imide groups is 1. The summed E-state index contributed by atoms with van der Waals surface area (Å²) in [6.07, 6.45) is 2.87. The predicted molar refractivity (Wildman–Crippen MR) is 94.7 cm³/mol. The minimum Gasteiger partial charge on any atom is -0.269 e. The molecule has 136 valence electrons. The number of benzene rings is 1. The number of carbonyl (C=O) groups excluding carboxylic acids is 2. The van der Waals surface area contributed by atoms with Crippen molar-refractivity contribution in [1.82, 2.24) is 9.99 Å². The van der Waals surface area contributed by atoms with Gasteiger partial charge in [0.15, 0.2) is 6.04 Å². The molecule has 0 saturated carbocycles. The summed E-state index contributed by atoms with van der Waals surface area (Å²) in [5, 5.41) is 23.6. The number of aryl methyl sites for hydroxylation is 1. The molecular formula is C17H14N6O4. The van der Waals surface area contributed by atoms with Crippen LogP contribution in [0, 0.1) is 17.0 Å². The number of aromatic nitrogens is 1. The predicted octanol–water partition coefficient (Wildman–Crippen LogP) is 2.81. The minimum absolute atomic E-state index is 0.0934. The SMILES string of the molecule is CC1=NN(C(=O)c2ccncc2)C(=O)[C@@H]1N=Nc1ccc(C)c([N+](=O)[O-])c1. The van der Waals surface area contributed by atoms with Gasteiger partial charge < -0.3 is 0 Å². The summed E-state index contributed by atoms with van der Waals surface area (Å²) in [6.45, 7) is 3.16. The Balaban J connectivity index is 1.81. The molecule has 0 fully saturated rings. The maximum absolute atomic E-state index is 12.5. The van der Waals surface area contributed by atoms with Crippen LogP contribution in [0.2, 0.25) is 0 Å². The van der Waals surface area contributed by atoms with E-state index in [2.05, 4.69) is 20.3 Å². The van der Waals surface area contributed by atoms with E-state index in [9.17, 15) is 19.7 Å². The number of nitro groups is 1. The molecule has 1 atom stereocenters. The fourth-order valence-corrected chi connectivity index (χ4v) is 2.43. The molecule has 2 aromatic rings. The van der Waals surface area contributed by atoms with Crippen LogP contribution in [0.1, 0.15) is 22.8 Å². The highest BCUT2D eigenvalue weighted by Gasteiger charge is 2.38. The van der Waals surface area contributed by atoms with E-state index >= 15 is 0 Å². The summed E-state index contributed by atoms with van der Waals surface area (Å²) in [6, 6.07) is 6.25. The monoisotopic (exact) mass is 366 g/mol. The molecule has 27 heavy (non-hydrogen) atoms. The van der Waals surface area contributed by atoms with E-state index in [1.165, 1.54) is 30.6 Å². The van der Waals surface area contributed by atoms with E-state index in [0.29, 0.717) is 11.3 Å². The molecule has 3 rings (SSSR count). The molecule has 1 aromatic heterocycles. The fraction of sp³-hybridized carbons (Fsp3) is 0.176. The fourth-order valence-electron chi connectivity index (χ4n) is 2.43. The largest absolute Gasteiger partial charge is 0.282 e. The third-order valence-electron chi connectivity index (χ3n) is 3.89. The van der Waals surface area contributed by atoms with Crippen LogP contribution in [0.4, 0.5) is 11.4 Å². The summed E-state index contributed by atoms with van der Waals surface area (Å²) in [5.74, 6) is -1.23. The van der Waals surface area contributed by atoms with Gasteiger partial charge in [0.2, 0.25) is 0 Å². The van der Waals surface area contributed by atoms with E-state index in [-0.39, 0.29) is 16.9 Å². The number of nitro benzene ring substituents is 1. The van der Waals surface area contributed by atoms with Gasteiger partial charge in [-0.05, 0) is 32.0 Å². The third-order valence-corrected chi connectivity index (χ3v) is 3.89. The van der Waals surface area contributed by atoms with Crippen molar-refractivity contribution >= 4 is 28.9 Å². The number of carbonyl (C=O) groups is 2. The van der Waals surface area contributed by atoms with Crippen LogP contribution in [0.5, 0.6) is 0 Å². The van der Waals surface area contributed by atoms with Crippen LogP contribution in [-0.4, -0.2) is 38.5 Å². The molecule has 1 aliphatic heterocycles. The second-order valence-corrected chi connectivity index (χ2v) is 5.78. The number of nitrogens with zero attached hydrogens (tertiary/aromatic N) is 6. The first-order chi connectivity index (χ1) is 12.9. The third kappa shape index (κ3) is 3.59. The van der Waals surface area contributed by atoms with E-state index in [1.54, 1.807) is 26.0 Å². The van der Waals surface area contributed by atoms with Gasteiger partial charge in [0.25, 0.3) is 17.5 Å². The molecule has 2 heterocycles. The quantitative estimate of drug-likeness (QED) is 0.355. The molecule has 0 aliphatic carbocycles. The Labute approximate surface area is 153 Å². The van der Waals surface area contributed by atoms with Crippen LogP contribution >= 0.6 is 0 Å². The molecule has 0 saturated heterocycles. The van der Waals surface area contributed by atoms with Crippen molar-refractivity contribution in [2.24, 2.45) is 15.3 Å². The van der Waals surface area contributed by atoms with Crippen LogP contribution in [0.15, 0.2) is 58.1 Å². The zero-order valence-electron chi connectivity index (χ0n) is 14.4. The molecule has 1 aliphatic rings. The Morgan fingerprint density at radius 1 is 1.22 bits per heavy atom. The first-order valence-corrected chi connectivity index (χ1v) is 7.88. The van der Waals surface area contributed by atoms with Gasteiger partial charge in [-0.3, -0.25) is 24.7 Å². The molecule has 2 amide bonds. The molecule has 10 heteroatoms. The van der Waals surface area contributed by atoms with Crippen molar-refractivity contribution < 1.29 is 14.5 Å². The van der Waals surface area contributed by atoms with Gasteiger partial charge in [0.1, 0.15) is 0 Å². The lowest BCUT2D eigenvalue weighted by molar-refractivity contribution is -0.385. The van der Waals surface area contributed by atoms with E-state index in [4.69, 9.17) is 0 Å². The number of rotatable bonds is 4. The average molecular weight is 366 g/mol. The Morgan fingerprint density at radius 2 is 1.93 bits per heavy atom. The van der Waals surface area contributed by atoms with Crippen LogP contribution in [-0.2, 0) is 4.79 Å². The van der Waals surface area contributed by atoms with Crippen LogP contribution in [0.3, 0.4) is 0 Å². The van der Waals surface area contributed by atoms with E-state index < -0.39 is 22.8 Å². The molecule has 1 aromatic carbocycles. The second-order valence-electron chi connectivity index (χ2n) is 5.78. The van der Waals surface area contributed by atoms with Gasteiger partial charge in [0.05, 0.1) is 16.3 Å². The van der Waals surface area contributed by atoms with Crippen molar-refractivity contribution in [3.8, 4) is 0 Å². The molecule has 0 spiro atoms. The maximum atomic E-state index is 12.5. The van der Waals surface area contributed by atoms with Crippen molar-refractivity contribution in [1.29, 1.82) is 0 Å². The number of hydrogen-bond donors (Lipinski definition) is 0. The van der Waals surface area contributed by atoms with Gasteiger partial charge in [-0.2, -0.15) is 20.3 Å². The summed E-state index contributed by atoms with van der Waals surface area (Å²) in [5.41, 5.74) is 1.19. The van der Waals surface area contributed by atoms with Crippen LogP contribution < -0.4 is 0 Å². The molecule has 0 N–H and O–H groups in total. The Morgan fingerprint density at radius 3 is 2.59 bits per heavy atom. The number of hydrazone groups is 1. The van der Waals surface area contributed by atoms with E-state index in [1.807, 2.05) is 0 Å². The van der Waals surface area contributed by atoms with Gasteiger partial charge in [-0.25, -0.2) is 0 Å². The Bertz CT molecular complexity index is 986. The smallest absolute Gasteiger partial charge is 0.269 e. The Hall–Kier alpha value is -3.82. The van der Waals surface area contributed by atoms with Crippen molar-refractivity contribution in [3.05, 3.63) is 64.0 Å². The van der Waals surface area contributed by atoms with Crippen molar-refractivity contribution in [2.45, 2.75) is 19.9 Å². The second kappa shape index (κ2) is 7.20. The molecule has 0 bridgehead atoms. The van der Waals surface area contributed by atoms with Gasteiger partial charge in [-0.15, -0.1) is 0 Å². The normalized spacial score (nSPS) is 16.7. The van der Waals surface area contributed by atoms with Crippen molar-refractivity contribution in [2.75, 3.05) is 0 Å². The lowest BCUT2D eigenvalue weighted by Crippen LogP contribution is -2.34. The average Bonchev–Trinajstić information content (AvgIpc) is 2.95. The Kier molecular flexibility index (Phi) is 4.79. The number of azo groups is 1. The topological polar surface area (TPSA) is 130 Å². The molecular weight excluding hydrogens is 352 g/mol. The standard InChI is InChI=1S/C17H14N6O4/c1-10-3-4-13(9-14(10)23(26)27)19-20-15-11(2)21-22(17(15)25)16(24)12-5-7-18-8-6-12/h3-9,15H,1-2H3/t15-/m1/s1. The summed E-state index contributed by atoms with van der Waals surface area (Å²) in [7, 11) is 0. The molecule has 10 nitrogen and oxygen atoms in total. The first kappa shape index (κ1) is 18.0. The van der Waals surface area contributed by atoms with Gasteiger partial charge >= 0.3 is 0 Å². The lowest BCUT2D eigenvalue weighted by Gasteiger charge is -2.10. The van der Waals surface area contributed by atoms with Crippen LogP contribution in [0.25, 0.3) is 0 Å². The highest BCUT2D eigenvalue weighted by molar-refractivity contribution is 6.18. The molecule has 0 radical (unpaired) electrons. The highest BCUT2D eigenvalue weighted by atomic mass is 16.6. The number of amides is 2. The van der Waals surface area contributed by atoms with Gasteiger partial charge in [0, 0.05) is 29.6 Å². The first-order valence-electron chi connectivity index (χ1n) is 7.88. The number of hydrogen-bond acceptors (Lipinski definition) is 8.